The van der Waals surface area contributed by atoms with Crippen LogP contribution in [-0.2, 0) is 26.7 Å². The zero-order valence-corrected chi connectivity index (χ0v) is 26.3. The van der Waals surface area contributed by atoms with E-state index in [2.05, 4.69) is 79.7 Å². The normalized spacial score (nSPS) is 15.1. The van der Waals surface area contributed by atoms with E-state index in [-0.39, 0.29) is 17.6 Å². The van der Waals surface area contributed by atoms with E-state index in [9.17, 15) is 9.59 Å². The summed E-state index contributed by atoms with van der Waals surface area (Å²) in [6.45, 7) is 26.1. The molecule has 0 saturated carbocycles. The maximum absolute atomic E-state index is 12.0. The number of ether oxygens (including phenoxy) is 1. The van der Waals surface area contributed by atoms with Crippen molar-refractivity contribution >= 4 is 45.7 Å². The molecular formula is C21H46O7Si4. The van der Waals surface area contributed by atoms with Gasteiger partial charge in [0.25, 0.3) is 0 Å². The molecule has 0 amide bonds. The predicted molar refractivity (Wildman–Crippen MR) is 139 cm³/mol. The molecule has 0 fully saturated rings. The Morgan fingerprint density at radius 3 is 1.56 bits per heavy atom. The molecule has 0 radical (unpaired) electrons. The minimum absolute atomic E-state index is 0.0681. The molecule has 0 aliphatic carbocycles. The van der Waals surface area contributed by atoms with E-state index in [1.807, 2.05) is 0 Å². The molecule has 7 nitrogen and oxygen atoms in total. The lowest BCUT2D eigenvalue weighted by molar-refractivity contribution is -0.139. The Morgan fingerprint density at radius 1 is 0.844 bits per heavy atom. The van der Waals surface area contributed by atoms with Crippen molar-refractivity contribution in [2.24, 2.45) is 5.41 Å². The molecule has 32 heavy (non-hydrogen) atoms. The molecule has 0 rings (SSSR count). The van der Waals surface area contributed by atoms with Gasteiger partial charge in [0.05, 0.1) is 6.61 Å². The zero-order valence-electron chi connectivity index (χ0n) is 22.3. The lowest BCUT2D eigenvalue weighted by Gasteiger charge is -2.50. The molecule has 0 saturated heterocycles. The van der Waals surface area contributed by atoms with E-state index in [0.717, 1.165) is 18.6 Å². The van der Waals surface area contributed by atoms with Gasteiger partial charge in [-0.1, -0.05) is 27.2 Å². The number of aliphatic carboxylic acids is 1. The fourth-order valence-electron chi connectivity index (χ4n) is 3.31. The SMILES string of the molecule is CCC(C)(C)C(CCOC(=O)/C=C/C(=O)O)[Si](O[Si](C)(C)C)(O[Si](C)(C)C)O[Si](C)(C)C. The molecule has 0 aliphatic heterocycles. The van der Waals surface area contributed by atoms with Gasteiger partial charge in [-0.15, -0.1) is 0 Å². The van der Waals surface area contributed by atoms with Crippen molar-refractivity contribution < 1.29 is 31.8 Å². The molecule has 0 heterocycles. The molecule has 0 aliphatic rings. The minimum atomic E-state index is -3.21. The minimum Gasteiger partial charge on any atom is -0.478 e. The third-order valence-corrected chi connectivity index (χ3v) is 17.3. The molecule has 1 N–H and O–H groups in total. The van der Waals surface area contributed by atoms with Crippen LogP contribution in [0.3, 0.4) is 0 Å². The number of carboxylic acid groups (broad SMARTS) is 1. The van der Waals surface area contributed by atoms with Gasteiger partial charge >= 0.3 is 20.7 Å². The average molecular weight is 523 g/mol. The number of carboxylic acids is 1. The molecule has 1 atom stereocenters. The first-order valence-corrected chi connectivity index (χ1v) is 23.3. The summed E-state index contributed by atoms with van der Waals surface area (Å²) < 4.78 is 26.2. The summed E-state index contributed by atoms with van der Waals surface area (Å²) >= 11 is 0. The largest absolute Gasteiger partial charge is 0.478 e. The van der Waals surface area contributed by atoms with Crippen molar-refractivity contribution in [2.45, 2.75) is 98.1 Å². The van der Waals surface area contributed by atoms with Crippen LogP contribution < -0.4 is 0 Å². The van der Waals surface area contributed by atoms with Crippen molar-refractivity contribution in [3.05, 3.63) is 12.2 Å². The number of esters is 1. The number of rotatable bonds is 14. The molecule has 1 unspecified atom stereocenters. The molecule has 188 valence electrons. The van der Waals surface area contributed by atoms with Crippen LogP contribution in [0.1, 0.15) is 33.6 Å². The van der Waals surface area contributed by atoms with Gasteiger partial charge in [0.1, 0.15) is 0 Å². The first-order valence-electron chi connectivity index (χ1n) is 11.3. The number of hydrogen-bond acceptors (Lipinski definition) is 6. The number of hydrogen-bond donors (Lipinski definition) is 1. The van der Waals surface area contributed by atoms with E-state index in [1.54, 1.807) is 0 Å². The summed E-state index contributed by atoms with van der Waals surface area (Å²) in [5.41, 5.74) is -0.240. The summed E-state index contributed by atoms with van der Waals surface area (Å²) in [5.74, 6) is -1.86. The topological polar surface area (TPSA) is 91.3 Å². The number of carbonyl (C=O) groups excluding carboxylic acids is 1. The molecular weight excluding hydrogens is 477 g/mol. The van der Waals surface area contributed by atoms with Crippen molar-refractivity contribution in [3.63, 3.8) is 0 Å². The second-order valence-corrected chi connectivity index (χ2v) is 28.8. The average Bonchev–Trinajstić information content (AvgIpc) is 2.51. The third-order valence-electron chi connectivity index (χ3n) is 4.64. The second-order valence-electron chi connectivity index (χ2n) is 11.8. The Morgan fingerprint density at radius 2 is 1.25 bits per heavy atom. The van der Waals surface area contributed by atoms with Gasteiger partial charge in [-0.05, 0) is 70.8 Å². The standard InChI is InChI=1S/C21H46O7Si4/c1-13-21(2,3)18(16-17-25-20(24)15-14-19(22)23)32(26-29(4,5)6,27-30(7,8)9)28-31(10,11)12/h14-15,18H,13,16-17H2,1-12H3,(H,22,23)/b15-14+. The van der Waals surface area contributed by atoms with Gasteiger partial charge in [-0.3, -0.25) is 0 Å². The van der Waals surface area contributed by atoms with E-state index in [4.69, 9.17) is 22.2 Å². The summed E-state index contributed by atoms with van der Waals surface area (Å²) in [6, 6.07) is 0. The highest BCUT2D eigenvalue weighted by atomic mass is 28.5. The van der Waals surface area contributed by atoms with Crippen molar-refractivity contribution in [1.82, 2.24) is 0 Å². The van der Waals surface area contributed by atoms with Crippen LogP contribution in [0.25, 0.3) is 0 Å². The van der Waals surface area contributed by atoms with Crippen LogP contribution in [-0.4, -0.2) is 57.4 Å². The van der Waals surface area contributed by atoms with Gasteiger partial charge < -0.3 is 22.2 Å². The van der Waals surface area contributed by atoms with Crippen LogP contribution >= 0.6 is 0 Å². The summed E-state index contributed by atoms with van der Waals surface area (Å²) in [6.07, 6.45) is 3.13. The molecule has 0 aromatic rings. The first kappa shape index (κ1) is 31.4. The Labute approximate surface area is 199 Å². The van der Waals surface area contributed by atoms with Gasteiger partial charge in [0, 0.05) is 17.7 Å². The molecule has 0 aromatic heterocycles. The van der Waals surface area contributed by atoms with Crippen LogP contribution in [0, 0.1) is 5.41 Å². The Kier molecular flexibility index (Phi) is 11.5. The van der Waals surface area contributed by atoms with Gasteiger partial charge in [0.2, 0.25) is 0 Å². The van der Waals surface area contributed by atoms with Crippen LogP contribution in [0.5, 0.6) is 0 Å². The monoisotopic (exact) mass is 522 g/mol. The van der Waals surface area contributed by atoms with E-state index >= 15 is 0 Å². The third kappa shape index (κ3) is 12.6. The van der Waals surface area contributed by atoms with Crippen LogP contribution in [0.15, 0.2) is 12.2 Å². The van der Waals surface area contributed by atoms with Crippen LogP contribution in [0.2, 0.25) is 64.5 Å². The van der Waals surface area contributed by atoms with E-state index in [1.165, 1.54) is 0 Å². The summed E-state index contributed by atoms with van der Waals surface area (Å²) in [7, 11) is -9.40. The van der Waals surface area contributed by atoms with Crippen molar-refractivity contribution in [3.8, 4) is 0 Å². The maximum atomic E-state index is 12.0. The highest BCUT2D eigenvalue weighted by Crippen LogP contribution is 2.48. The van der Waals surface area contributed by atoms with Gasteiger partial charge in [-0.2, -0.15) is 0 Å². The zero-order chi connectivity index (χ0) is 25.6. The van der Waals surface area contributed by atoms with E-state index < -0.39 is 45.7 Å². The van der Waals surface area contributed by atoms with Gasteiger partial charge in [-0.25, -0.2) is 9.59 Å². The van der Waals surface area contributed by atoms with Crippen LogP contribution in [0.4, 0.5) is 0 Å². The molecule has 0 spiro atoms. The Bertz CT molecular complexity index is 618. The van der Waals surface area contributed by atoms with E-state index in [0.29, 0.717) is 6.42 Å². The van der Waals surface area contributed by atoms with Gasteiger partial charge in [0.15, 0.2) is 25.0 Å². The highest BCUT2D eigenvalue weighted by Gasteiger charge is 2.59. The quantitative estimate of drug-likeness (QED) is 0.173. The maximum Gasteiger partial charge on any atom is 0.473 e. The lowest BCUT2D eigenvalue weighted by Crippen LogP contribution is -2.65. The summed E-state index contributed by atoms with van der Waals surface area (Å²) in [5, 5.41) is 8.72. The lowest BCUT2D eigenvalue weighted by atomic mass is 9.84. The smallest absolute Gasteiger partial charge is 0.473 e. The molecule has 0 bridgehead atoms. The Balaban J connectivity index is 6.32. The molecule has 11 heteroatoms. The summed E-state index contributed by atoms with van der Waals surface area (Å²) in [4.78, 5) is 22.6. The fourth-order valence-corrected chi connectivity index (χ4v) is 18.5. The predicted octanol–water partition coefficient (Wildman–Crippen LogP) is 5.86. The second kappa shape index (κ2) is 11.7. The van der Waals surface area contributed by atoms with Crippen molar-refractivity contribution in [2.75, 3.05) is 6.61 Å². The molecule has 0 aromatic carbocycles. The van der Waals surface area contributed by atoms with Crippen molar-refractivity contribution in [1.29, 1.82) is 0 Å². The fraction of sp³-hybridized carbons (Fsp3) is 0.810. The number of carbonyl (C=O) groups is 2. The Hall–Kier alpha value is -0.572. The first-order chi connectivity index (χ1) is 14.1. The highest BCUT2D eigenvalue weighted by molar-refractivity contribution is 6.90.